The number of H-pyrrole nitrogens is 1. The molecule has 0 fully saturated rings. The van der Waals surface area contributed by atoms with Crippen LogP contribution in [0.15, 0.2) is 18.5 Å². The molecule has 0 amide bonds. The summed E-state index contributed by atoms with van der Waals surface area (Å²) in [4.78, 5) is 4.10. The lowest BCUT2D eigenvalue weighted by Gasteiger charge is -2.01. The van der Waals surface area contributed by atoms with E-state index in [1.54, 1.807) is 12.4 Å². The van der Waals surface area contributed by atoms with Crippen molar-refractivity contribution in [2.45, 2.75) is 13.8 Å². The third-order valence-corrected chi connectivity index (χ3v) is 2.55. The highest BCUT2D eigenvalue weighted by Gasteiger charge is 2.05. The molecule has 72 valence electrons. The predicted molar refractivity (Wildman–Crippen MR) is 56.3 cm³/mol. The highest BCUT2D eigenvalue weighted by Crippen LogP contribution is 2.23. The molecule has 0 aliphatic rings. The van der Waals surface area contributed by atoms with Gasteiger partial charge in [0.05, 0.1) is 6.20 Å². The molecule has 2 aromatic rings. The third kappa shape index (κ3) is 1.51. The highest BCUT2D eigenvalue weighted by atomic mass is 35.5. The van der Waals surface area contributed by atoms with Crippen LogP contribution in [0.3, 0.4) is 0 Å². The van der Waals surface area contributed by atoms with E-state index >= 15 is 0 Å². The second kappa shape index (κ2) is 3.42. The molecule has 0 aliphatic carbocycles. The van der Waals surface area contributed by atoms with Gasteiger partial charge >= 0.3 is 0 Å². The maximum atomic E-state index is 5.85. The summed E-state index contributed by atoms with van der Waals surface area (Å²) in [7, 11) is 0. The van der Waals surface area contributed by atoms with Gasteiger partial charge in [0.2, 0.25) is 0 Å². The van der Waals surface area contributed by atoms with Crippen molar-refractivity contribution < 1.29 is 0 Å². The van der Waals surface area contributed by atoms with Crippen LogP contribution in [0.5, 0.6) is 0 Å². The van der Waals surface area contributed by atoms with Crippen molar-refractivity contribution in [3.05, 3.63) is 34.9 Å². The maximum absolute atomic E-state index is 5.85. The summed E-state index contributed by atoms with van der Waals surface area (Å²) < 4.78 is 0. The molecule has 0 bridgehead atoms. The van der Waals surface area contributed by atoms with Gasteiger partial charge in [-0.2, -0.15) is 5.10 Å². The fourth-order valence-electron chi connectivity index (χ4n) is 1.35. The highest BCUT2D eigenvalue weighted by molar-refractivity contribution is 6.30. The Morgan fingerprint density at radius 1 is 1.29 bits per heavy atom. The molecule has 0 aromatic carbocycles. The van der Waals surface area contributed by atoms with Gasteiger partial charge < -0.3 is 0 Å². The van der Waals surface area contributed by atoms with Crippen molar-refractivity contribution in [2.24, 2.45) is 0 Å². The number of aromatic nitrogens is 3. The number of rotatable bonds is 1. The number of aryl methyl sites for hydroxylation is 2. The minimum atomic E-state index is 0.551. The van der Waals surface area contributed by atoms with E-state index in [9.17, 15) is 0 Å². The van der Waals surface area contributed by atoms with E-state index in [2.05, 4.69) is 15.2 Å². The van der Waals surface area contributed by atoms with Crippen molar-refractivity contribution in [3.63, 3.8) is 0 Å². The predicted octanol–water partition coefficient (Wildman–Crippen LogP) is 2.74. The summed E-state index contributed by atoms with van der Waals surface area (Å²) >= 11 is 5.85. The van der Waals surface area contributed by atoms with Gasteiger partial charge in [0.15, 0.2) is 0 Å². The van der Waals surface area contributed by atoms with Crippen LogP contribution in [0.1, 0.15) is 11.3 Å². The first kappa shape index (κ1) is 9.21. The number of nitrogens with one attached hydrogen (secondary N) is 1. The van der Waals surface area contributed by atoms with Gasteiger partial charge in [0, 0.05) is 23.0 Å². The Morgan fingerprint density at radius 2 is 2.07 bits per heavy atom. The summed E-state index contributed by atoms with van der Waals surface area (Å²) in [6.45, 7) is 3.92. The molecule has 2 rings (SSSR count). The first-order valence-electron chi connectivity index (χ1n) is 4.31. The molecule has 0 atom stereocenters. The van der Waals surface area contributed by atoms with Crippen molar-refractivity contribution in [1.29, 1.82) is 0 Å². The normalized spacial score (nSPS) is 10.5. The molecular formula is C10H10ClN3. The van der Waals surface area contributed by atoms with E-state index in [0.29, 0.717) is 5.15 Å². The first-order chi connectivity index (χ1) is 6.68. The molecule has 1 N–H and O–H groups in total. The quantitative estimate of drug-likeness (QED) is 0.731. The van der Waals surface area contributed by atoms with Crippen LogP contribution in [-0.4, -0.2) is 15.2 Å². The molecule has 0 unspecified atom stereocenters. The van der Waals surface area contributed by atoms with E-state index in [1.165, 1.54) is 0 Å². The number of pyridine rings is 1. The molecule has 0 aliphatic heterocycles. The summed E-state index contributed by atoms with van der Waals surface area (Å²) in [6, 6.07) is 2.01. The third-order valence-electron chi connectivity index (χ3n) is 2.16. The largest absolute Gasteiger partial charge is 0.282 e. The Kier molecular flexibility index (Phi) is 2.25. The van der Waals surface area contributed by atoms with Crippen LogP contribution >= 0.6 is 11.6 Å². The van der Waals surface area contributed by atoms with Crippen LogP contribution in [-0.2, 0) is 0 Å². The summed E-state index contributed by atoms with van der Waals surface area (Å²) in [5.74, 6) is 0. The Hall–Kier alpha value is -1.35. The minimum Gasteiger partial charge on any atom is -0.282 e. The zero-order chi connectivity index (χ0) is 10.1. The molecular weight excluding hydrogens is 198 g/mol. The van der Waals surface area contributed by atoms with Crippen molar-refractivity contribution in [2.75, 3.05) is 0 Å². The number of hydrogen-bond donors (Lipinski definition) is 1. The second-order valence-electron chi connectivity index (χ2n) is 3.24. The Bertz CT molecular complexity index is 462. The Labute approximate surface area is 87.1 Å². The molecule has 3 nitrogen and oxygen atoms in total. The standard InChI is InChI=1S/C10H10ClN3/c1-6-3-8(4-12-10(6)11)9-5-13-14-7(9)2/h3-5H,1-2H3,(H,13,14). The SMILES string of the molecule is Cc1cc(-c2cn[nH]c2C)cnc1Cl. The van der Waals surface area contributed by atoms with Gasteiger partial charge in [-0.3, -0.25) is 5.10 Å². The van der Waals surface area contributed by atoms with Crippen LogP contribution in [0, 0.1) is 13.8 Å². The topological polar surface area (TPSA) is 41.6 Å². The van der Waals surface area contributed by atoms with E-state index in [4.69, 9.17) is 11.6 Å². The van der Waals surface area contributed by atoms with Crippen LogP contribution < -0.4 is 0 Å². The van der Waals surface area contributed by atoms with Crippen LogP contribution in [0.4, 0.5) is 0 Å². The second-order valence-corrected chi connectivity index (χ2v) is 3.60. The molecule has 2 heterocycles. The minimum absolute atomic E-state index is 0.551. The number of hydrogen-bond acceptors (Lipinski definition) is 2. The summed E-state index contributed by atoms with van der Waals surface area (Å²) in [6.07, 6.45) is 3.55. The van der Waals surface area contributed by atoms with Gasteiger partial charge in [0.1, 0.15) is 5.15 Å². The van der Waals surface area contributed by atoms with Crippen LogP contribution in [0.25, 0.3) is 11.1 Å². The van der Waals surface area contributed by atoms with Crippen LogP contribution in [0.2, 0.25) is 5.15 Å². The molecule has 0 spiro atoms. The molecule has 0 saturated carbocycles. The molecule has 0 radical (unpaired) electrons. The van der Waals surface area contributed by atoms with Gasteiger partial charge in [-0.25, -0.2) is 4.98 Å². The zero-order valence-corrected chi connectivity index (χ0v) is 8.76. The van der Waals surface area contributed by atoms with Gasteiger partial charge in [-0.15, -0.1) is 0 Å². The zero-order valence-electron chi connectivity index (χ0n) is 8.00. The van der Waals surface area contributed by atoms with E-state index in [-0.39, 0.29) is 0 Å². The Morgan fingerprint density at radius 3 is 2.64 bits per heavy atom. The average Bonchev–Trinajstić information content (AvgIpc) is 2.57. The monoisotopic (exact) mass is 207 g/mol. The lowest BCUT2D eigenvalue weighted by Crippen LogP contribution is -1.85. The molecule has 2 aromatic heterocycles. The number of aromatic amines is 1. The number of halogens is 1. The van der Waals surface area contributed by atoms with Crippen molar-refractivity contribution >= 4 is 11.6 Å². The average molecular weight is 208 g/mol. The number of nitrogens with zero attached hydrogens (tertiary/aromatic N) is 2. The van der Waals surface area contributed by atoms with E-state index in [0.717, 1.165) is 22.4 Å². The lowest BCUT2D eigenvalue weighted by atomic mass is 10.1. The summed E-state index contributed by atoms with van der Waals surface area (Å²) in [5, 5.41) is 7.41. The fourth-order valence-corrected chi connectivity index (χ4v) is 1.45. The smallest absolute Gasteiger partial charge is 0.131 e. The lowest BCUT2D eigenvalue weighted by molar-refractivity contribution is 1.05. The van der Waals surface area contributed by atoms with E-state index < -0.39 is 0 Å². The van der Waals surface area contributed by atoms with Crippen molar-refractivity contribution in [3.8, 4) is 11.1 Å². The van der Waals surface area contributed by atoms with Gasteiger partial charge in [-0.1, -0.05) is 11.6 Å². The summed E-state index contributed by atoms with van der Waals surface area (Å²) in [5.41, 5.74) is 4.12. The molecule has 14 heavy (non-hydrogen) atoms. The van der Waals surface area contributed by atoms with E-state index in [1.807, 2.05) is 19.9 Å². The Balaban J connectivity index is 2.53. The first-order valence-corrected chi connectivity index (χ1v) is 4.69. The molecule has 0 saturated heterocycles. The van der Waals surface area contributed by atoms with Crippen molar-refractivity contribution in [1.82, 2.24) is 15.2 Å². The fraction of sp³-hybridized carbons (Fsp3) is 0.200. The maximum Gasteiger partial charge on any atom is 0.131 e. The molecule has 4 heteroatoms. The van der Waals surface area contributed by atoms with Gasteiger partial charge in [-0.05, 0) is 25.5 Å². The van der Waals surface area contributed by atoms with Gasteiger partial charge in [0.25, 0.3) is 0 Å².